The molecule has 49 heavy (non-hydrogen) atoms. The molecule has 5 rings (SSSR count). The first kappa shape index (κ1) is 33.8. The molecule has 4 aromatic rings. The van der Waals surface area contributed by atoms with Crippen LogP contribution in [0.4, 0.5) is 22.7 Å². The minimum absolute atomic E-state index is 0.163. The van der Waals surface area contributed by atoms with Crippen molar-refractivity contribution >= 4 is 34.7 Å². The highest BCUT2D eigenvalue weighted by Gasteiger charge is 2.38. The molecule has 1 aliphatic carbocycles. The van der Waals surface area contributed by atoms with Gasteiger partial charge in [0, 0.05) is 29.7 Å². The van der Waals surface area contributed by atoms with E-state index in [1.807, 2.05) is 12.1 Å². The maximum absolute atomic E-state index is 12.9. The minimum atomic E-state index is -1.00. The summed E-state index contributed by atoms with van der Waals surface area (Å²) in [7, 11) is 0. The van der Waals surface area contributed by atoms with Crippen LogP contribution in [0.1, 0.15) is 68.7 Å². The van der Waals surface area contributed by atoms with Gasteiger partial charge < -0.3 is 9.47 Å². The molecule has 250 valence electrons. The Bertz CT molecular complexity index is 1870. The van der Waals surface area contributed by atoms with Crippen LogP contribution < -0.4 is 9.47 Å². The molecule has 16 heteroatoms. The van der Waals surface area contributed by atoms with E-state index in [0.29, 0.717) is 11.1 Å². The van der Waals surface area contributed by atoms with Crippen LogP contribution in [0.5, 0.6) is 11.5 Å². The fourth-order valence-electron chi connectivity index (χ4n) is 6.01. The highest BCUT2D eigenvalue weighted by atomic mass is 16.6. The van der Waals surface area contributed by atoms with Gasteiger partial charge in [-0.15, -0.1) is 0 Å². The number of nitro benzene ring substituents is 4. The van der Waals surface area contributed by atoms with Gasteiger partial charge >= 0.3 is 11.9 Å². The molecule has 4 aromatic carbocycles. The second kappa shape index (κ2) is 13.3. The van der Waals surface area contributed by atoms with Crippen LogP contribution in [0.15, 0.2) is 72.8 Å². The molecule has 1 aliphatic rings. The number of aryl methyl sites for hydroxylation is 2. The zero-order valence-corrected chi connectivity index (χ0v) is 25.9. The van der Waals surface area contributed by atoms with Crippen LogP contribution in [0.2, 0.25) is 0 Å². The number of non-ortho nitro benzene ring substituents is 4. The second-order valence-electron chi connectivity index (χ2n) is 11.5. The monoisotopic (exact) mass is 670 g/mol. The number of carbonyl (C=O) groups is 2. The Kier molecular flexibility index (Phi) is 9.14. The summed E-state index contributed by atoms with van der Waals surface area (Å²) < 4.78 is 11.0. The van der Waals surface area contributed by atoms with Gasteiger partial charge in [-0.2, -0.15) is 0 Å². The van der Waals surface area contributed by atoms with Gasteiger partial charge in [-0.05, 0) is 61.1 Å². The van der Waals surface area contributed by atoms with Crippen molar-refractivity contribution in [3.8, 4) is 11.5 Å². The van der Waals surface area contributed by atoms with Crippen LogP contribution in [0.3, 0.4) is 0 Å². The normalized spacial score (nSPS) is 13.3. The molecular weight excluding hydrogens is 644 g/mol. The van der Waals surface area contributed by atoms with Crippen molar-refractivity contribution in [2.45, 2.75) is 44.9 Å². The Morgan fingerprint density at radius 2 is 0.878 bits per heavy atom. The molecule has 1 fully saturated rings. The lowest BCUT2D eigenvalue weighted by molar-refractivity contribution is -0.394. The van der Waals surface area contributed by atoms with Crippen molar-refractivity contribution in [2.75, 3.05) is 0 Å². The number of rotatable bonds is 10. The number of ether oxygens (including phenoxy) is 2. The molecule has 16 nitrogen and oxygen atoms in total. The second-order valence-corrected chi connectivity index (χ2v) is 11.5. The van der Waals surface area contributed by atoms with Gasteiger partial charge in [0.1, 0.15) is 11.5 Å². The van der Waals surface area contributed by atoms with E-state index in [4.69, 9.17) is 9.47 Å². The number of hydrogen-bond acceptors (Lipinski definition) is 12. The van der Waals surface area contributed by atoms with E-state index >= 15 is 0 Å². The van der Waals surface area contributed by atoms with E-state index in [0.717, 1.165) is 73.2 Å². The molecular formula is C33H26N4O12. The van der Waals surface area contributed by atoms with Gasteiger partial charge in [0.25, 0.3) is 22.7 Å². The first-order valence-electron chi connectivity index (χ1n) is 14.7. The van der Waals surface area contributed by atoms with Gasteiger partial charge in [0.15, 0.2) is 0 Å². The SMILES string of the molecule is Cc1cc(C2(c3ccc(OC(=O)c4cc([N+](=O)[O-])cc([N+](=O)[O-])c4)c(C)c3)CCCC2)ccc1OC(=O)c1cc([N+](=O)[O-])cc([N+](=O)[O-])c1. The van der Waals surface area contributed by atoms with Crippen molar-refractivity contribution in [3.05, 3.63) is 147 Å². The number of esters is 2. The number of hydrogen-bond donors (Lipinski definition) is 0. The summed E-state index contributed by atoms with van der Waals surface area (Å²) in [6.07, 6.45) is 3.39. The third kappa shape index (κ3) is 6.92. The summed E-state index contributed by atoms with van der Waals surface area (Å²) in [5, 5.41) is 45.0. The first-order valence-corrected chi connectivity index (χ1v) is 14.7. The Hall–Kier alpha value is -6.58. The van der Waals surface area contributed by atoms with Crippen LogP contribution in [-0.2, 0) is 5.41 Å². The smallest absolute Gasteiger partial charge is 0.344 e. The lowest BCUT2D eigenvalue weighted by atomic mass is 9.72. The molecule has 0 N–H and O–H groups in total. The van der Waals surface area contributed by atoms with E-state index in [1.165, 1.54) is 0 Å². The van der Waals surface area contributed by atoms with Gasteiger partial charge in [0.05, 0.1) is 43.0 Å². The fraction of sp³-hybridized carbons (Fsp3) is 0.212. The van der Waals surface area contributed by atoms with Crippen molar-refractivity contribution in [1.29, 1.82) is 0 Å². The summed E-state index contributed by atoms with van der Waals surface area (Å²) in [6, 6.07) is 15.6. The molecule has 0 atom stereocenters. The molecule has 0 saturated heterocycles. The zero-order valence-electron chi connectivity index (χ0n) is 25.9. The highest BCUT2D eigenvalue weighted by molar-refractivity contribution is 5.93. The maximum Gasteiger partial charge on any atom is 0.344 e. The summed E-state index contributed by atoms with van der Waals surface area (Å²) >= 11 is 0. The average molecular weight is 671 g/mol. The Morgan fingerprint density at radius 1 is 0.551 bits per heavy atom. The molecule has 0 amide bonds. The number of nitro groups is 4. The molecule has 0 heterocycles. The van der Waals surface area contributed by atoms with Gasteiger partial charge in [-0.3, -0.25) is 40.5 Å². The van der Waals surface area contributed by atoms with Crippen LogP contribution >= 0.6 is 0 Å². The summed E-state index contributed by atoms with van der Waals surface area (Å²) in [5.74, 6) is -1.68. The molecule has 0 aromatic heterocycles. The van der Waals surface area contributed by atoms with Crippen LogP contribution in [0.25, 0.3) is 0 Å². The number of benzene rings is 4. The highest BCUT2D eigenvalue weighted by Crippen LogP contribution is 2.48. The van der Waals surface area contributed by atoms with E-state index in [9.17, 15) is 50.0 Å². The Morgan fingerprint density at radius 3 is 1.16 bits per heavy atom. The molecule has 0 spiro atoms. The van der Waals surface area contributed by atoms with Crippen molar-refractivity contribution in [3.63, 3.8) is 0 Å². The number of carbonyl (C=O) groups excluding carboxylic acids is 2. The fourth-order valence-corrected chi connectivity index (χ4v) is 6.01. The summed E-state index contributed by atoms with van der Waals surface area (Å²) in [5.41, 5.74) is -0.671. The third-order valence-corrected chi connectivity index (χ3v) is 8.44. The standard InChI is InChI=1S/C33H26N4O12/c1-19-11-23(5-7-29(19)48-31(38)21-13-25(34(40)41)17-26(14-21)35(42)43)33(9-3-4-10-33)24-6-8-30(20(2)12-24)49-32(39)22-15-27(36(44)45)18-28(16-22)37(46)47/h5-8,11-18H,3-4,9-10H2,1-2H3. The summed E-state index contributed by atoms with van der Waals surface area (Å²) in [6.45, 7) is 3.44. The Balaban J connectivity index is 1.40. The van der Waals surface area contributed by atoms with E-state index in [1.54, 1.807) is 38.1 Å². The van der Waals surface area contributed by atoms with Crippen LogP contribution in [0, 0.1) is 54.3 Å². The van der Waals surface area contributed by atoms with E-state index in [2.05, 4.69) is 0 Å². The van der Waals surface area contributed by atoms with Crippen molar-refractivity contribution < 1.29 is 38.8 Å². The summed E-state index contributed by atoms with van der Waals surface area (Å²) in [4.78, 5) is 67.5. The predicted molar refractivity (Wildman–Crippen MR) is 171 cm³/mol. The molecule has 0 radical (unpaired) electrons. The first-order chi connectivity index (χ1) is 23.2. The lowest BCUT2D eigenvalue weighted by Crippen LogP contribution is -2.24. The lowest BCUT2D eigenvalue weighted by Gasteiger charge is -2.31. The predicted octanol–water partition coefficient (Wildman–Crippen LogP) is 7.23. The van der Waals surface area contributed by atoms with Gasteiger partial charge in [0.2, 0.25) is 0 Å². The molecule has 0 aliphatic heterocycles. The zero-order chi connectivity index (χ0) is 35.6. The minimum Gasteiger partial charge on any atom is -0.423 e. The third-order valence-electron chi connectivity index (χ3n) is 8.44. The topological polar surface area (TPSA) is 225 Å². The van der Waals surface area contributed by atoms with E-state index in [-0.39, 0.29) is 22.6 Å². The van der Waals surface area contributed by atoms with Gasteiger partial charge in [-0.25, -0.2) is 9.59 Å². The molecule has 0 unspecified atom stereocenters. The largest absolute Gasteiger partial charge is 0.423 e. The quantitative estimate of drug-likeness (QED) is 0.0704. The van der Waals surface area contributed by atoms with Crippen molar-refractivity contribution in [1.82, 2.24) is 0 Å². The van der Waals surface area contributed by atoms with Gasteiger partial charge in [-0.1, -0.05) is 37.1 Å². The number of nitrogens with zero attached hydrogens (tertiary/aromatic N) is 4. The van der Waals surface area contributed by atoms with Crippen molar-refractivity contribution in [2.24, 2.45) is 0 Å². The van der Waals surface area contributed by atoms with E-state index < -0.39 is 59.8 Å². The average Bonchev–Trinajstić information content (AvgIpc) is 3.57. The Labute approximate surface area is 276 Å². The van der Waals surface area contributed by atoms with Crippen LogP contribution in [-0.4, -0.2) is 31.6 Å². The maximum atomic E-state index is 12.9. The molecule has 1 saturated carbocycles. The molecule has 0 bridgehead atoms.